The molecular weight excluding hydrogens is 384 g/mol. The fourth-order valence-corrected chi connectivity index (χ4v) is 4.08. The molecule has 2 aliphatic rings. The second kappa shape index (κ2) is 12.6. The van der Waals surface area contributed by atoms with E-state index < -0.39 is 0 Å². The second-order valence-electron chi connectivity index (χ2n) is 8.85. The van der Waals surface area contributed by atoms with Gasteiger partial charge < -0.3 is 20.3 Å². The van der Waals surface area contributed by atoms with E-state index in [-0.39, 0.29) is 5.54 Å². The molecule has 1 aliphatic carbocycles. The van der Waals surface area contributed by atoms with Crippen LogP contribution in [0.15, 0.2) is 64.6 Å². The highest BCUT2D eigenvalue weighted by molar-refractivity contribution is 5.85. The number of allylic oxidation sites excluding steroid dienone is 4. The summed E-state index contributed by atoms with van der Waals surface area (Å²) in [6.45, 7) is 9.36. The number of likely N-dealkylation sites (N-methyl/N-ethyl adjacent to an activating group) is 1. The Hall–Kier alpha value is -2.27. The maximum atomic E-state index is 5.22. The number of aliphatic imine (C=N–C) groups is 1. The van der Waals surface area contributed by atoms with Crippen molar-refractivity contribution < 1.29 is 4.74 Å². The molecular formula is C26H42N4O. The van der Waals surface area contributed by atoms with Crippen LogP contribution in [0.2, 0.25) is 0 Å². The Morgan fingerprint density at radius 3 is 2.77 bits per heavy atom. The zero-order valence-electron chi connectivity index (χ0n) is 20.4. The molecule has 0 bridgehead atoms. The van der Waals surface area contributed by atoms with Crippen molar-refractivity contribution in [3.8, 4) is 0 Å². The number of hydrogen-bond acceptors (Lipinski definition) is 4. The van der Waals surface area contributed by atoms with Crippen LogP contribution in [0.5, 0.6) is 0 Å². The van der Waals surface area contributed by atoms with Gasteiger partial charge in [0.15, 0.2) is 0 Å². The zero-order valence-corrected chi connectivity index (χ0v) is 20.4. The van der Waals surface area contributed by atoms with Crippen molar-refractivity contribution in [3.05, 3.63) is 59.6 Å². The van der Waals surface area contributed by atoms with Crippen molar-refractivity contribution in [2.45, 2.75) is 77.8 Å². The lowest BCUT2D eigenvalue weighted by Crippen LogP contribution is -2.32. The fraction of sp³-hybridized carbons (Fsp3) is 0.577. The molecule has 0 aromatic carbocycles. The zero-order chi connectivity index (χ0) is 22.7. The van der Waals surface area contributed by atoms with Crippen LogP contribution in [0, 0.1) is 0 Å². The Morgan fingerprint density at radius 2 is 2.06 bits per heavy atom. The van der Waals surface area contributed by atoms with E-state index in [1.54, 1.807) is 7.11 Å². The first kappa shape index (κ1) is 25.0. The summed E-state index contributed by atoms with van der Waals surface area (Å²) in [4.78, 5) is 7.42. The molecule has 5 nitrogen and oxygen atoms in total. The molecule has 1 heterocycles. The van der Waals surface area contributed by atoms with Gasteiger partial charge in [-0.05, 0) is 51.0 Å². The van der Waals surface area contributed by atoms with Crippen LogP contribution < -0.4 is 10.6 Å². The summed E-state index contributed by atoms with van der Waals surface area (Å²) in [7, 11) is 3.92. The summed E-state index contributed by atoms with van der Waals surface area (Å²) < 4.78 is 5.22. The van der Waals surface area contributed by atoms with E-state index in [4.69, 9.17) is 9.73 Å². The second-order valence-corrected chi connectivity index (χ2v) is 8.85. The Bertz CT molecular complexity index is 755. The third kappa shape index (κ3) is 8.06. The summed E-state index contributed by atoms with van der Waals surface area (Å²) in [5.74, 6) is 1.04. The normalized spacial score (nSPS) is 24.9. The van der Waals surface area contributed by atoms with Crippen LogP contribution in [0.3, 0.4) is 0 Å². The number of rotatable bonds is 9. The van der Waals surface area contributed by atoms with E-state index in [0.717, 1.165) is 50.1 Å². The SMILES string of the molecule is CCCC(C)(C)N=C1CC=C(N(C)C2C=C(CC)/C(NCOC)=C\C=C\C2)C/C=C\N1. The lowest BCUT2D eigenvalue weighted by Gasteiger charge is -2.31. The predicted molar refractivity (Wildman–Crippen MR) is 133 cm³/mol. The number of hydrogen-bond donors (Lipinski definition) is 2. The van der Waals surface area contributed by atoms with E-state index in [1.165, 1.54) is 11.3 Å². The highest BCUT2D eigenvalue weighted by Gasteiger charge is 2.19. The minimum absolute atomic E-state index is 0.0366. The Kier molecular flexibility index (Phi) is 10.1. The number of methoxy groups -OCH3 is 1. The standard InChI is InChI=1S/C26H42N4O/c1-7-17-26(3,4)29-25-16-15-22(13-11-18-27-25)30(5)23-12-9-10-14-24(28-20-31-6)21(8-2)19-23/h9-11,14-15,18-19,23,28H,7-8,12-13,16-17,20H2,1-6H3,(H,27,29)/b10-9+,18-11-,21-19?,22-15?,24-14+. The van der Waals surface area contributed by atoms with Crippen molar-refractivity contribution >= 4 is 5.84 Å². The van der Waals surface area contributed by atoms with Crippen molar-refractivity contribution in [1.82, 2.24) is 15.5 Å². The number of nitrogens with one attached hydrogen (secondary N) is 2. The summed E-state index contributed by atoms with van der Waals surface area (Å²) in [6, 6.07) is 0.309. The van der Waals surface area contributed by atoms with Crippen LogP contribution in [-0.4, -0.2) is 43.2 Å². The van der Waals surface area contributed by atoms with Crippen LogP contribution in [0.1, 0.15) is 66.2 Å². The summed E-state index contributed by atoms with van der Waals surface area (Å²) in [6.07, 6.45) is 21.4. The predicted octanol–water partition coefficient (Wildman–Crippen LogP) is 5.42. The van der Waals surface area contributed by atoms with Gasteiger partial charge >= 0.3 is 0 Å². The number of amidine groups is 1. The molecule has 2 rings (SSSR count). The van der Waals surface area contributed by atoms with Gasteiger partial charge in [0.1, 0.15) is 12.6 Å². The molecule has 0 radical (unpaired) electrons. The molecule has 0 spiro atoms. The molecule has 1 unspecified atom stereocenters. The van der Waals surface area contributed by atoms with Gasteiger partial charge in [-0.1, -0.05) is 50.6 Å². The highest BCUT2D eigenvalue weighted by Crippen LogP contribution is 2.24. The average molecular weight is 427 g/mol. The van der Waals surface area contributed by atoms with Gasteiger partial charge in [-0.25, -0.2) is 0 Å². The van der Waals surface area contributed by atoms with Gasteiger partial charge in [0, 0.05) is 38.4 Å². The number of ether oxygens (including phenoxy) is 1. The average Bonchev–Trinajstić information content (AvgIpc) is 2.69. The molecule has 0 aromatic heterocycles. The summed E-state index contributed by atoms with van der Waals surface area (Å²) >= 11 is 0. The third-order valence-electron chi connectivity index (χ3n) is 5.78. The van der Waals surface area contributed by atoms with Crippen LogP contribution >= 0.6 is 0 Å². The Balaban J connectivity index is 2.22. The van der Waals surface area contributed by atoms with Crippen molar-refractivity contribution in [1.29, 1.82) is 0 Å². The van der Waals surface area contributed by atoms with Gasteiger partial charge in [-0.2, -0.15) is 0 Å². The van der Waals surface area contributed by atoms with Crippen LogP contribution in [0.4, 0.5) is 0 Å². The topological polar surface area (TPSA) is 48.9 Å². The molecule has 1 aliphatic heterocycles. The van der Waals surface area contributed by atoms with E-state index in [9.17, 15) is 0 Å². The van der Waals surface area contributed by atoms with E-state index in [2.05, 4.69) is 86.7 Å². The minimum Gasteiger partial charge on any atom is -0.371 e. The van der Waals surface area contributed by atoms with E-state index >= 15 is 0 Å². The molecule has 0 amide bonds. The quantitative estimate of drug-likeness (QED) is 0.484. The lowest BCUT2D eigenvalue weighted by molar-refractivity contribution is 0.185. The Labute approximate surface area is 189 Å². The first-order chi connectivity index (χ1) is 14.9. The first-order valence-electron chi connectivity index (χ1n) is 11.6. The van der Waals surface area contributed by atoms with Gasteiger partial charge in [0.25, 0.3) is 0 Å². The smallest absolute Gasteiger partial charge is 0.116 e. The molecule has 0 saturated carbocycles. The van der Waals surface area contributed by atoms with Crippen LogP contribution in [-0.2, 0) is 4.74 Å². The molecule has 2 N–H and O–H groups in total. The lowest BCUT2D eigenvalue weighted by atomic mass is 9.99. The van der Waals surface area contributed by atoms with Gasteiger partial charge in [-0.15, -0.1) is 0 Å². The van der Waals surface area contributed by atoms with E-state index in [1.807, 2.05) is 6.20 Å². The maximum absolute atomic E-state index is 5.22. The van der Waals surface area contributed by atoms with Crippen molar-refractivity contribution in [2.24, 2.45) is 4.99 Å². The monoisotopic (exact) mass is 426 g/mol. The molecule has 5 heteroatoms. The van der Waals surface area contributed by atoms with Crippen LogP contribution in [0.25, 0.3) is 0 Å². The molecule has 31 heavy (non-hydrogen) atoms. The summed E-state index contributed by atoms with van der Waals surface area (Å²) in [5, 5.41) is 6.78. The molecule has 172 valence electrons. The van der Waals surface area contributed by atoms with Crippen molar-refractivity contribution in [2.75, 3.05) is 20.9 Å². The molecule has 0 fully saturated rings. The van der Waals surface area contributed by atoms with Gasteiger partial charge in [-0.3, -0.25) is 4.99 Å². The van der Waals surface area contributed by atoms with Crippen molar-refractivity contribution in [3.63, 3.8) is 0 Å². The molecule has 0 aromatic rings. The van der Waals surface area contributed by atoms with Gasteiger partial charge in [0.05, 0.1) is 11.6 Å². The first-order valence-corrected chi connectivity index (χ1v) is 11.6. The van der Waals surface area contributed by atoms with Gasteiger partial charge in [0.2, 0.25) is 0 Å². The third-order valence-corrected chi connectivity index (χ3v) is 5.78. The van der Waals surface area contributed by atoms with E-state index in [0.29, 0.717) is 12.8 Å². The Morgan fingerprint density at radius 1 is 1.26 bits per heavy atom. The summed E-state index contributed by atoms with van der Waals surface area (Å²) in [5.41, 5.74) is 3.76. The molecule has 1 atom stereocenters. The number of nitrogens with zero attached hydrogens (tertiary/aromatic N) is 2. The fourth-order valence-electron chi connectivity index (χ4n) is 4.08. The largest absolute Gasteiger partial charge is 0.371 e. The minimum atomic E-state index is -0.0366. The maximum Gasteiger partial charge on any atom is 0.116 e. The highest BCUT2D eigenvalue weighted by atomic mass is 16.5. The molecule has 0 saturated heterocycles.